The van der Waals surface area contributed by atoms with E-state index in [9.17, 15) is 8.42 Å². The quantitative estimate of drug-likeness (QED) is 0.204. The Bertz CT molecular complexity index is 649. The maximum Gasteiger partial charge on any atom is 0.240 e. The predicted molar refractivity (Wildman–Crippen MR) is 121 cm³/mol. The number of nitrogens with zero attached hydrogens (tertiary/aromatic N) is 2. The molecule has 0 spiro atoms. The molecule has 0 bridgehead atoms. The van der Waals surface area contributed by atoms with E-state index in [1.54, 1.807) is 30.3 Å². The number of piperidine rings is 1. The third-order valence-corrected chi connectivity index (χ3v) is 5.72. The summed E-state index contributed by atoms with van der Waals surface area (Å²) in [6.45, 7) is 7.62. The minimum atomic E-state index is -3.47. The molecule has 1 heterocycles. The van der Waals surface area contributed by atoms with Gasteiger partial charge in [-0.15, -0.1) is 24.0 Å². The number of aliphatic imine (C=N–C) groups is 1. The Morgan fingerprint density at radius 3 is 2.44 bits per heavy atom. The molecule has 0 unspecified atom stereocenters. The highest BCUT2D eigenvalue weighted by molar-refractivity contribution is 14.0. The number of halogens is 1. The Balaban J connectivity index is 0.00000364. The van der Waals surface area contributed by atoms with Crippen molar-refractivity contribution >= 4 is 40.0 Å². The van der Waals surface area contributed by atoms with Gasteiger partial charge in [-0.05, 0) is 45.0 Å². The minimum absolute atomic E-state index is 0. The van der Waals surface area contributed by atoms with E-state index in [4.69, 9.17) is 0 Å². The van der Waals surface area contributed by atoms with Gasteiger partial charge in [-0.2, -0.15) is 0 Å². The van der Waals surface area contributed by atoms with Gasteiger partial charge in [0.2, 0.25) is 10.0 Å². The third-order valence-electron chi connectivity index (χ3n) is 4.24. The van der Waals surface area contributed by atoms with Crippen LogP contribution in [0.4, 0.5) is 0 Å². The second-order valence-corrected chi connectivity index (χ2v) is 8.07. The Labute approximate surface area is 180 Å². The number of nitrogens with one attached hydrogen (secondary N) is 3. The summed E-state index contributed by atoms with van der Waals surface area (Å²) in [7, 11) is -3.47. The number of rotatable bonds is 9. The lowest BCUT2D eigenvalue weighted by atomic mass is 10.1. The van der Waals surface area contributed by atoms with Gasteiger partial charge in [-0.25, -0.2) is 13.1 Å². The molecule has 27 heavy (non-hydrogen) atoms. The molecule has 0 atom stereocenters. The molecule has 9 heteroatoms. The van der Waals surface area contributed by atoms with E-state index in [-0.39, 0.29) is 35.4 Å². The van der Waals surface area contributed by atoms with Crippen molar-refractivity contribution in [1.82, 2.24) is 20.3 Å². The summed E-state index contributed by atoms with van der Waals surface area (Å²) in [6.07, 6.45) is 3.92. The van der Waals surface area contributed by atoms with Crippen LogP contribution in [-0.2, 0) is 10.0 Å². The highest BCUT2D eigenvalue weighted by atomic mass is 127. The maximum atomic E-state index is 12.2. The molecule has 0 radical (unpaired) electrons. The molecule has 1 saturated heterocycles. The molecule has 3 N–H and O–H groups in total. The summed E-state index contributed by atoms with van der Waals surface area (Å²) in [6, 6.07) is 8.38. The Kier molecular flexibility index (Phi) is 11.9. The van der Waals surface area contributed by atoms with Crippen LogP contribution < -0.4 is 15.4 Å². The van der Waals surface area contributed by atoms with Gasteiger partial charge in [0, 0.05) is 26.2 Å². The lowest BCUT2D eigenvalue weighted by Gasteiger charge is -2.26. The number of benzene rings is 1. The lowest BCUT2D eigenvalue weighted by Crippen LogP contribution is -2.43. The number of hydrogen-bond donors (Lipinski definition) is 3. The van der Waals surface area contributed by atoms with Crippen molar-refractivity contribution in [2.75, 3.05) is 45.8 Å². The van der Waals surface area contributed by atoms with Crippen LogP contribution in [0.1, 0.15) is 26.2 Å². The van der Waals surface area contributed by atoms with Crippen LogP contribution in [-0.4, -0.2) is 65.1 Å². The van der Waals surface area contributed by atoms with Gasteiger partial charge < -0.3 is 15.5 Å². The molecular formula is C18H32IN5O2S. The van der Waals surface area contributed by atoms with Crippen molar-refractivity contribution in [1.29, 1.82) is 0 Å². The van der Waals surface area contributed by atoms with E-state index in [1.807, 2.05) is 6.92 Å². The van der Waals surface area contributed by atoms with E-state index in [0.29, 0.717) is 6.54 Å². The van der Waals surface area contributed by atoms with E-state index in [0.717, 1.165) is 25.6 Å². The third kappa shape index (κ3) is 9.22. The average molecular weight is 509 g/mol. The van der Waals surface area contributed by atoms with Gasteiger partial charge in [0.05, 0.1) is 11.4 Å². The monoisotopic (exact) mass is 509 g/mol. The van der Waals surface area contributed by atoms with Gasteiger partial charge in [0.15, 0.2) is 5.96 Å². The van der Waals surface area contributed by atoms with Gasteiger partial charge in [0.1, 0.15) is 0 Å². The first-order chi connectivity index (χ1) is 12.6. The van der Waals surface area contributed by atoms with Crippen LogP contribution in [0.2, 0.25) is 0 Å². The van der Waals surface area contributed by atoms with Crippen LogP contribution in [0, 0.1) is 0 Å². The van der Waals surface area contributed by atoms with Gasteiger partial charge in [-0.3, -0.25) is 4.99 Å². The zero-order valence-corrected chi connectivity index (χ0v) is 19.1. The molecule has 154 valence electrons. The highest BCUT2D eigenvalue weighted by Gasteiger charge is 2.12. The summed E-state index contributed by atoms with van der Waals surface area (Å²) < 4.78 is 26.9. The van der Waals surface area contributed by atoms with Crippen molar-refractivity contribution in [3.05, 3.63) is 30.3 Å². The molecule has 0 aromatic heterocycles. The normalized spacial score (nSPS) is 15.8. The van der Waals surface area contributed by atoms with Crippen molar-refractivity contribution in [2.45, 2.75) is 31.1 Å². The van der Waals surface area contributed by atoms with E-state index in [2.05, 4.69) is 25.2 Å². The minimum Gasteiger partial charge on any atom is -0.357 e. The zero-order chi connectivity index (χ0) is 18.7. The topological polar surface area (TPSA) is 85.8 Å². The molecule has 0 aliphatic carbocycles. The summed E-state index contributed by atoms with van der Waals surface area (Å²) in [5, 5.41) is 6.51. The Hall–Kier alpha value is -0.910. The average Bonchev–Trinajstić information content (AvgIpc) is 2.67. The van der Waals surface area contributed by atoms with E-state index < -0.39 is 10.0 Å². The number of sulfonamides is 1. The molecule has 1 aromatic rings. The largest absolute Gasteiger partial charge is 0.357 e. The van der Waals surface area contributed by atoms with E-state index in [1.165, 1.54) is 32.4 Å². The first-order valence-corrected chi connectivity index (χ1v) is 10.9. The fourth-order valence-corrected chi connectivity index (χ4v) is 3.93. The second-order valence-electron chi connectivity index (χ2n) is 6.30. The SMILES string of the molecule is CCNC(=NCCNS(=O)(=O)c1ccccc1)NCCN1CCCCC1.I. The first-order valence-electron chi connectivity index (χ1n) is 9.41. The van der Waals surface area contributed by atoms with Crippen LogP contribution in [0.5, 0.6) is 0 Å². The van der Waals surface area contributed by atoms with Crippen molar-refractivity contribution in [3.8, 4) is 0 Å². The maximum absolute atomic E-state index is 12.2. The molecule has 0 amide bonds. The van der Waals surface area contributed by atoms with Crippen LogP contribution in [0.15, 0.2) is 40.2 Å². The van der Waals surface area contributed by atoms with Crippen LogP contribution in [0.3, 0.4) is 0 Å². The van der Waals surface area contributed by atoms with Crippen molar-refractivity contribution < 1.29 is 8.42 Å². The summed E-state index contributed by atoms with van der Waals surface area (Å²) in [5.41, 5.74) is 0. The summed E-state index contributed by atoms with van der Waals surface area (Å²) in [5.74, 6) is 0.725. The number of guanidine groups is 1. The molecule has 2 rings (SSSR count). The summed E-state index contributed by atoms with van der Waals surface area (Å²) >= 11 is 0. The van der Waals surface area contributed by atoms with Gasteiger partial charge >= 0.3 is 0 Å². The van der Waals surface area contributed by atoms with E-state index >= 15 is 0 Å². The second kappa shape index (κ2) is 13.3. The smallest absolute Gasteiger partial charge is 0.240 e. The molecule has 1 fully saturated rings. The predicted octanol–water partition coefficient (Wildman–Crippen LogP) is 1.62. The fraction of sp³-hybridized carbons (Fsp3) is 0.611. The first kappa shape index (κ1) is 24.1. The molecule has 1 aliphatic rings. The number of likely N-dealkylation sites (tertiary alicyclic amines) is 1. The standard InChI is InChI=1S/C18H31N5O2S.HI/c1-2-19-18(21-13-16-23-14-7-4-8-15-23)20-11-12-22-26(24,25)17-9-5-3-6-10-17;/h3,5-6,9-10,22H,2,4,7-8,11-16H2,1H3,(H2,19,20,21);1H. The van der Waals surface area contributed by atoms with Crippen LogP contribution in [0.25, 0.3) is 0 Å². The molecule has 0 saturated carbocycles. The molecular weight excluding hydrogens is 477 g/mol. The van der Waals surface area contributed by atoms with Crippen molar-refractivity contribution in [3.63, 3.8) is 0 Å². The molecule has 1 aliphatic heterocycles. The van der Waals surface area contributed by atoms with Crippen molar-refractivity contribution in [2.24, 2.45) is 4.99 Å². The van der Waals surface area contributed by atoms with Crippen LogP contribution >= 0.6 is 24.0 Å². The number of hydrogen-bond acceptors (Lipinski definition) is 4. The Morgan fingerprint density at radius 1 is 1.07 bits per heavy atom. The van der Waals surface area contributed by atoms with Gasteiger partial charge in [-0.1, -0.05) is 24.6 Å². The Morgan fingerprint density at radius 2 is 1.78 bits per heavy atom. The fourth-order valence-electron chi connectivity index (χ4n) is 2.89. The summed E-state index contributed by atoms with van der Waals surface area (Å²) in [4.78, 5) is 7.18. The molecule has 7 nitrogen and oxygen atoms in total. The highest BCUT2D eigenvalue weighted by Crippen LogP contribution is 2.07. The lowest BCUT2D eigenvalue weighted by molar-refractivity contribution is 0.232. The zero-order valence-electron chi connectivity index (χ0n) is 16.0. The molecule has 1 aromatic carbocycles. The van der Waals surface area contributed by atoms with Gasteiger partial charge in [0.25, 0.3) is 0 Å².